The summed E-state index contributed by atoms with van der Waals surface area (Å²) in [6.45, 7) is 0. The quantitative estimate of drug-likeness (QED) is 0.0421. The monoisotopic (exact) mass is 4740 g/mol. The first-order valence-electron chi connectivity index (χ1n) is 36.8. The fourth-order valence-electron chi connectivity index (χ4n) is 4.51. The van der Waals surface area contributed by atoms with E-state index in [1.807, 2.05) is 0 Å². The van der Waals surface area contributed by atoms with E-state index in [1.54, 1.807) is 0 Å². The first-order chi connectivity index (χ1) is 73.9. The van der Waals surface area contributed by atoms with Crippen LogP contribution in [0.1, 0.15) is 0 Å². The Morgan fingerprint density at radius 1 is 0.0338 bits per heavy atom. The maximum atomic E-state index is 2.94. The van der Waals surface area contributed by atoms with Crippen molar-refractivity contribution in [2.45, 2.75) is 0 Å². The summed E-state index contributed by atoms with van der Waals surface area (Å²) in [6.07, 6.45) is 0. The highest BCUT2D eigenvalue weighted by atomic mass is 33.1. The van der Waals surface area contributed by atoms with Gasteiger partial charge in [0, 0.05) is 0 Å². The highest BCUT2D eigenvalue weighted by molar-refractivity contribution is 9.06. The van der Waals surface area contributed by atoms with Crippen molar-refractivity contribution in [3.63, 3.8) is 0 Å². The summed E-state index contributed by atoms with van der Waals surface area (Å²) in [5.41, 5.74) is 0. The number of hydrogen-bond acceptors (Lipinski definition) is 0. The standard InChI is InChI=1S/H150P148/c1-3-5-7-9-11-13-15-17-19-21-23-25-27-29-31-33-35-37-39-41-43-45-47-49-51-53-55-57-59-61-63-65-67-69-71-73-75-77-79-81-83-85-87-89-91-93-95-97-99-101-103-105-107-109-111-113-115-117-119-121-123-125-127-129-131-133-135-137-139-141-143-145-147-148-146-144-142-140-138-136-134-132-130-128-126-124-122-120-118-116-114-112-110-108-106-104-102-100-98-96-94-92-90-88-86-84-82-80-78-76-74-72-70-68-66-64-62-60-58-56-54-52-50-48-46-44-42-40-38-36-34-32-30-28-26-24-22-20-18-16-14-12-10-8-6-4-2/h3-148H,1-2H2. The lowest BCUT2D eigenvalue weighted by Crippen LogP contribution is -1.14. The lowest BCUT2D eigenvalue weighted by Gasteiger charge is -2.07. The van der Waals surface area contributed by atoms with Gasteiger partial charge in [0.05, 0.1) is 0 Å². The molecule has 0 fully saturated rings. The molecule has 0 radical (unpaired) electrons. The van der Waals surface area contributed by atoms with E-state index in [4.69, 9.17) is 0 Å². The lowest BCUT2D eigenvalue weighted by molar-refractivity contribution is 4.92. The zero-order chi connectivity index (χ0) is 105. The van der Waals surface area contributed by atoms with Crippen LogP contribution in [-0.2, 0) is 0 Å². The smallest absolute Gasteiger partial charge is 0.0677 e. The van der Waals surface area contributed by atoms with Gasteiger partial charge in [-0.15, -0.1) is 17.9 Å². The van der Waals surface area contributed by atoms with Crippen LogP contribution in [-0.4, -0.2) is 0 Å². The van der Waals surface area contributed by atoms with E-state index in [0.717, 1.165) is 15.9 Å². The van der Waals surface area contributed by atoms with E-state index in [9.17, 15) is 0 Å². The van der Waals surface area contributed by atoms with Crippen molar-refractivity contribution in [1.29, 1.82) is 0 Å². The van der Waals surface area contributed by atoms with Gasteiger partial charge < -0.3 is 0 Å². The van der Waals surface area contributed by atoms with Crippen LogP contribution in [0.4, 0.5) is 0 Å². The third kappa shape index (κ3) is 210. The van der Waals surface area contributed by atoms with Crippen molar-refractivity contribution in [2.24, 2.45) is 0 Å². The van der Waals surface area contributed by atoms with Crippen LogP contribution in [0, 0.1) is 0 Å². The topological polar surface area (TPSA) is 0 Å². The van der Waals surface area contributed by atoms with Gasteiger partial charge in [-0.05, 0) is 0 Å². The number of rotatable bonds is 145. The van der Waals surface area contributed by atoms with Crippen LogP contribution in [0.2, 0.25) is 0 Å². The molecule has 0 aromatic rings. The molecule has 0 spiro atoms. The summed E-state index contributed by atoms with van der Waals surface area (Å²) < 4.78 is 0. The molecular formula is H150P148. The molecule has 0 saturated carbocycles. The highest BCUT2D eigenvalue weighted by Gasteiger charge is 2.07. The molecule has 148 atom stereocenters. The summed E-state index contributed by atoms with van der Waals surface area (Å²) in [4.78, 5) is 0. The van der Waals surface area contributed by atoms with Crippen molar-refractivity contribution in [3.05, 3.63) is 0 Å². The van der Waals surface area contributed by atoms with Crippen molar-refractivity contribution in [1.82, 2.24) is 0 Å². The Morgan fingerprint density at radius 3 is 0.0743 bits per heavy atom. The van der Waals surface area contributed by atoms with E-state index in [0.29, 0.717) is 0 Å². The maximum Gasteiger partial charge on any atom is -0.0677 e. The van der Waals surface area contributed by atoms with Crippen LogP contribution in [0.5, 0.6) is 0 Å². The van der Waals surface area contributed by atoms with Gasteiger partial charge in [0.2, 0.25) is 0 Å². The molecule has 0 bridgehead atoms. The average molecular weight is 4740 g/mol. The van der Waals surface area contributed by atoms with Crippen molar-refractivity contribution < 1.29 is 0 Å². The number of hydrogen-bond donors (Lipinski definition) is 0. The zero-order valence-corrected chi connectivity index (χ0v) is 222. The van der Waals surface area contributed by atoms with Gasteiger partial charge in [0.25, 0.3) is 0 Å². The van der Waals surface area contributed by atoms with Crippen LogP contribution >= 0.6 is 1180 Å². The molecule has 0 amide bonds. The molecule has 148 unspecified atom stereocenters. The predicted molar refractivity (Wildman–Crippen MR) is 1230 cm³/mol. The Labute approximate surface area is 1160 Å². The Balaban J connectivity index is 3.11. The maximum absolute atomic E-state index is 2.94. The second-order valence-corrected chi connectivity index (χ2v) is 494. The second-order valence-electron chi connectivity index (χ2n) is 18.3. The molecule has 0 aliphatic heterocycles. The van der Waals surface area contributed by atoms with Gasteiger partial charge in [-0.25, -0.2) is 0 Å². The van der Waals surface area contributed by atoms with Gasteiger partial charge in [-0.1, -0.05) is 1160 Å². The van der Waals surface area contributed by atoms with E-state index in [1.165, 1.54) is 1150 Å². The summed E-state index contributed by atoms with van der Waals surface area (Å²) in [5, 5.41) is 0. The molecule has 0 N–H and O–H groups in total. The molecule has 0 aromatic heterocycles. The largest absolute Gasteiger partial charge is 0.110 e. The molecule has 0 aromatic carbocycles. The Hall–Kier alpha value is 63.6. The fourth-order valence-corrected chi connectivity index (χ4v) is 1100. The first kappa shape index (κ1) is 212. The first-order valence-corrected chi connectivity index (χ1v) is 331. The van der Waals surface area contributed by atoms with Gasteiger partial charge in [-0.3, -0.25) is 0 Å². The molecule has 0 nitrogen and oxygen atoms in total. The summed E-state index contributed by atoms with van der Waals surface area (Å²) >= 11 is 0. The molecule has 148 heavy (non-hydrogen) atoms. The van der Waals surface area contributed by atoms with Crippen LogP contribution in [0.15, 0.2) is 0 Å². The van der Waals surface area contributed by atoms with Crippen molar-refractivity contribution in [3.8, 4) is 0 Å². The molecular weight excluding hydrogens is 4580 g/mol. The van der Waals surface area contributed by atoms with E-state index in [2.05, 4.69) is 17.9 Å². The fraction of sp³-hybridized carbons (Fsp3) is 0. The molecule has 0 rings (SSSR count). The predicted octanol–water partition coefficient (Wildman–Crippen LogP) is 87.3. The van der Waals surface area contributed by atoms with E-state index < -0.39 is 0 Å². The molecule has 0 aliphatic carbocycles. The van der Waals surface area contributed by atoms with E-state index >= 15 is 0 Å². The SMILES string of the molecule is PPPPPPPPPPPPPPPPPPPPPPPPPPPPPPPPPPPPPPPPPPPPPPPPPPPPPPPPPPPPPPPPPPPPPPPPPPPPPPPPPPPPPPPPPPPPPPPPPPPPPPPPPPPPPPPPPPPPPPPPPPPPPPPPPPPPPPPPPPPPPPPPPPPP. The van der Waals surface area contributed by atoms with Crippen LogP contribution < -0.4 is 0 Å². The molecule has 0 aliphatic rings. The summed E-state index contributed by atoms with van der Waals surface area (Å²) in [5.74, 6) is 0. The van der Waals surface area contributed by atoms with Gasteiger partial charge >= 0.3 is 0 Å². The third-order valence-corrected chi connectivity index (χ3v) is 736. The summed E-state index contributed by atoms with van der Waals surface area (Å²) in [6, 6.07) is 0. The Kier molecular flexibility index (Phi) is 301. The molecule has 0 heterocycles. The van der Waals surface area contributed by atoms with Crippen molar-refractivity contribution >= 4 is 1180 Å². The highest BCUT2D eigenvalue weighted by Crippen LogP contribution is 3.00. The zero-order valence-electron chi connectivity index (χ0n) is 74.2. The molecule has 890 valence electrons. The summed E-state index contributed by atoms with van der Waals surface area (Å²) in [7, 11) is 207. The van der Waals surface area contributed by atoms with E-state index in [-0.39, 0.29) is 0 Å². The Bertz CT molecular complexity index is 1730. The Morgan fingerprint density at radius 2 is 0.0541 bits per heavy atom. The lowest BCUT2D eigenvalue weighted by atomic mass is 29.0. The van der Waals surface area contributed by atoms with Gasteiger partial charge in [0.1, 0.15) is 0 Å². The minimum absolute atomic E-state index is 1.15. The van der Waals surface area contributed by atoms with Crippen LogP contribution in [0.3, 0.4) is 0 Å². The normalized spacial score (nSPS) is 23.7. The second kappa shape index (κ2) is 211. The average Bonchev–Trinajstić information content (AvgIpc) is 1.10. The van der Waals surface area contributed by atoms with Gasteiger partial charge in [-0.2, -0.15) is 0 Å². The molecule has 0 saturated heterocycles. The van der Waals surface area contributed by atoms with Gasteiger partial charge in [0.15, 0.2) is 0 Å². The third-order valence-electron chi connectivity index (χ3n) is 9.08. The minimum Gasteiger partial charge on any atom is -0.110 e. The molecule has 148 heteroatoms. The van der Waals surface area contributed by atoms with Crippen molar-refractivity contribution in [2.75, 3.05) is 0 Å². The minimum atomic E-state index is 1.15. The van der Waals surface area contributed by atoms with Crippen LogP contribution in [0.25, 0.3) is 0 Å².